The maximum Gasteiger partial charge on any atom is 0.228 e. The SMILES string of the molecule is Nc1nnc(N)n1-c1ccccc1. The van der Waals surface area contributed by atoms with E-state index < -0.39 is 0 Å². The minimum absolute atomic E-state index is 0.295. The van der Waals surface area contributed by atoms with Crippen molar-refractivity contribution in [2.24, 2.45) is 0 Å². The minimum Gasteiger partial charge on any atom is -0.368 e. The fourth-order valence-electron chi connectivity index (χ4n) is 1.15. The summed E-state index contributed by atoms with van der Waals surface area (Å²) in [5.41, 5.74) is 12.0. The van der Waals surface area contributed by atoms with Crippen molar-refractivity contribution in [1.29, 1.82) is 0 Å². The number of benzene rings is 1. The summed E-state index contributed by atoms with van der Waals surface area (Å²) >= 11 is 0. The summed E-state index contributed by atoms with van der Waals surface area (Å²) in [7, 11) is 0. The monoisotopic (exact) mass is 175 g/mol. The Labute approximate surface area is 75.0 Å². The fourth-order valence-corrected chi connectivity index (χ4v) is 1.15. The number of nitrogens with two attached hydrogens (primary N) is 2. The van der Waals surface area contributed by atoms with Crippen LogP contribution < -0.4 is 11.5 Å². The van der Waals surface area contributed by atoms with Crippen LogP contribution in [-0.4, -0.2) is 14.8 Å². The van der Waals surface area contributed by atoms with E-state index in [0.29, 0.717) is 11.9 Å². The van der Waals surface area contributed by atoms with E-state index in [1.165, 1.54) is 0 Å². The fraction of sp³-hybridized carbons (Fsp3) is 0. The van der Waals surface area contributed by atoms with Gasteiger partial charge in [-0.1, -0.05) is 18.2 Å². The van der Waals surface area contributed by atoms with Gasteiger partial charge in [0.05, 0.1) is 5.69 Å². The highest BCUT2D eigenvalue weighted by Crippen LogP contribution is 2.14. The predicted octanol–water partition coefficient (Wildman–Crippen LogP) is 0.432. The van der Waals surface area contributed by atoms with E-state index >= 15 is 0 Å². The second kappa shape index (κ2) is 2.78. The van der Waals surface area contributed by atoms with Gasteiger partial charge < -0.3 is 11.5 Å². The lowest BCUT2D eigenvalue weighted by molar-refractivity contribution is 1.08. The molecule has 5 nitrogen and oxygen atoms in total. The standard InChI is InChI=1S/C8H9N5/c9-7-11-12-8(10)13(7)6-4-2-1-3-5-6/h1-5H,(H2,9,11)(H2,10,12). The van der Waals surface area contributed by atoms with Gasteiger partial charge in [-0.15, -0.1) is 10.2 Å². The summed E-state index contributed by atoms with van der Waals surface area (Å²) in [6, 6.07) is 9.48. The van der Waals surface area contributed by atoms with E-state index in [2.05, 4.69) is 10.2 Å². The van der Waals surface area contributed by atoms with Crippen LogP contribution in [0.5, 0.6) is 0 Å². The molecule has 0 saturated heterocycles. The Morgan fingerprint density at radius 2 is 1.46 bits per heavy atom. The van der Waals surface area contributed by atoms with E-state index in [1.807, 2.05) is 30.3 Å². The number of nitrogen functional groups attached to an aromatic ring is 2. The molecule has 4 N–H and O–H groups in total. The van der Waals surface area contributed by atoms with Crippen molar-refractivity contribution >= 4 is 11.9 Å². The molecule has 0 amide bonds. The van der Waals surface area contributed by atoms with Gasteiger partial charge in [0.1, 0.15) is 0 Å². The average molecular weight is 175 g/mol. The van der Waals surface area contributed by atoms with E-state index in [4.69, 9.17) is 11.5 Å². The van der Waals surface area contributed by atoms with Gasteiger partial charge in [-0.05, 0) is 12.1 Å². The summed E-state index contributed by atoms with van der Waals surface area (Å²) in [5, 5.41) is 7.32. The third kappa shape index (κ3) is 1.20. The van der Waals surface area contributed by atoms with Crippen LogP contribution in [0, 0.1) is 0 Å². The van der Waals surface area contributed by atoms with Crippen molar-refractivity contribution < 1.29 is 0 Å². The molecule has 0 aliphatic carbocycles. The number of nitrogens with zero attached hydrogens (tertiary/aromatic N) is 3. The van der Waals surface area contributed by atoms with E-state index in [1.54, 1.807) is 4.57 Å². The van der Waals surface area contributed by atoms with Gasteiger partial charge >= 0.3 is 0 Å². The summed E-state index contributed by atoms with van der Waals surface area (Å²) in [5.74, 6) is 0.590. The van der Waals surface area contributed by atoms with Crippen molar-refractivity contribution in [3.05, 3.63) is 30.3 Å². The van der Waals surface area contributed by atoms with Crippen LogP contribution in [0.1, 0.15) is 0 Å². The third-order valence-electron chi connectivity index (χ3n) is 1.73. The molecule has 0 saturated carbocycles. The largest absolute Gasteiger partial charge is 0.368 e. The lowest BCUT2D eigenvalue weighted by atomic mass is 10.3. The number of rotatable bonds is 1. The molecule has 0 atom stereocenters. The summed E-state index contributed by atoms with van der Waals surface area (Å²) < 4.78 is 1.58. The van der Waals surface area contributed by atoms with Crippen LogP contribution in [0.3, 0.4) is 0 Å². The summed E-state index contributed by atoms with van der Waals surface area (Å²) in [6.07, 6.45) is 0. The highest BCUT2D eigenvalue weighted by Gasteiger charge is 2.06. The molecule has 0 aliphatic rings. The zero-order valence-corrected chi connectivity index (χ0v) is 6.88. The maximum atomic E-state index is 5.58. The average Bonchev–Trinajstić information content (AvgIpc) is 2.48. The van der Waals surface area contributed by atoms with E-state index in [-0.39, 0.29) is 0 Å². The number of hydrogen-bond acceptors (Lipinski definition) is 4. The molecule has 2 aromatic rings. The Morgan fingerprint density at radius 3 is 2.00 bits per heavy atom. The van der Waals surface area contributed by atoms with Crippen LogP contribution in [0.15, 0.2) is 30.3 Å². The van der Waals surface area contributed by atoms with Gasteiger partial charge in [0, 0.05) is 0 Å². The first-order valence-corrected chi connectivity index (χ1v) is 3.81. The molecule has 66 valence electrons. The quantitative estimate of drug-likeness (QED) is 0.658. The number of anilines is 2. The number of para-hydroxylation sites is 1. The van der Waals surface area contributed by atoms with Gasteiger partial charge in [0.15, 0.2) is 0 Å². The van der Waals surface area contributed by atoms with Gasteiger partial charge in [-0.2, -0.15) is 0 Å². The molecule has 0 unspecified atom stereocenters. The molecule has 0 spiro atoms. The zero-order chi connectivity index (χ0) is 9.26. The Balaban J connectivity index is 2.59. The van der Waals surface area contributed by atoms with Crippen LogP contribution in [-0.2, 0) is 0 Å². The minimum atomic E-state index is 0.295. The van der Waals surface area contributed by atoms with Crippen molar-refractivity contribution in [3.63, 3.8) is 0 Å². The Bertz CT molecular complexity index is 386. The van der Waals surface area contributed by atoms with E-state index in [9.17, 15) is 0 Å². The Morgan fingerprint density at radius 1 is 0.923 bits per heavy atom. The van der Waals surface area contributed by atoms with Crippen molar-refractivity contribution in [1.82, 2.24) is 14.8 Å². The highest BCUT2D eigenvalue weighted by atomic mass is 15.4. The lowest BCUT2D eigenvalue weighted by Crippen LogP contribution is -2.04. The second-order valence-corrected chi connectivity index (χ2v) is 2.59. The predicted molar refractivity (Wildman–Crippen MR) is 50.2 cm³/mol. The molecule has 0 radical (unpaired) electrons. The van der Waals surface area contributed by atoms with Gasteiger partial charge in [0.25, 0.3) is 0 Å². The first kappa shape index (κ1) is 7.60. The van der Waals surface area contributed by atoms with Gasteiger partial charge in [-0.3, -0.25) is 0 Å². The molecule has 13 heavy (non-hydrogen) atoms. The van der Waals surface area contributed by atoms with Crippen LogP contribution in [0.4, 0.5) is 11.9 Å². The lowest BCUT2D eigenvalue weighted by Gasteiger charge is -2.03. The smallest absolute Gasteiger partial charge is 0.228 e. The number of hydrogen-bond donors (Lipinski definition) is 2. The van der Waals surface area contributed by atoms with Gasteiger partial charge in [0.2, 0.25) is 11.9 Å². The van der Waals surface area contributed by atoms with Crippen LogP contribution >= 0.6 is 0 Å². The van der Waals surface area contributed by atoms with Crippen molar-refractivity contribution in [2.45, 2.75) is 0 Å². The molecule has 0 fully saturated rings. The second-order valence-electron chi connectivity index (χ2n) is 2.59. The zero-order valence-electron chi connectivity index (χ0n) is 6.88. The first-order chi connectivity index (χ1) is 6.29. The van der Waals surface area contributed by atoms with Gasteiger partial charge in [-0.25, -0.2) is 4.57 Å². The first-order valence-electron chi connectivity index (χ1n) is 3.81. The Kier molecular flexibility index (Phi) is 1.63. The van der Waals surface area contributed by atoms with Crippen LogP contribution in [0.25, 0.3) is 5.69 Å². The molecule has 1 heterocycles. The third-order valence-corrected chi connectivity index (χ3v) is 1.73. The van der Waals surface area contributed by atoms with Crippen LogP contribution in [0.2, 0.25) is 0 Å². The van der Waals surface area contributed by atoms with Crippen molar-refractivity contribution in [2.75, 3.05) is 11.5 Å². The molecule has 1 aromatic carbocycles. The molecular weight excluding hydrogens is 166 g/mol. The number of aromatic nitrogens is 3. The molecule has 1 aromatic heterocycles. The van der Waals surface area contributed by atoms with Crippen molar-refractivity contribution in [3.8, 4) is 5.69 Å². The molecular formula is C8H9N5. The van der Waals surface area contributed by atoms with E-state index in [0.717, 1.165) is 5.69 Å². The molecule has 0 bridgehead atoms. The maximum absolute atomic E-state index is 5.58. The molecule has 2 rings (SSSR count). The molecule has 0 aliphatic heterocycles. The Hall–Kier alpha value is -2.04. The normalized spacial score (nSPS) is 10.2. The topological polar surface area (TPSA) is 82.8 Å². The summed E-state index contributed by atoms with van der Waals surface area (Å²) in [4.78, 5) is 0. The molecule has 5 heteroatoms. The highest BCUT2D eigenvalue weighted by molar-refractivity contribution is 5.45. The summed E-state index contributed by atoms with van der Waals surface area (Å²) in [6.45, 7) is 0.